The molecule has 4 amide bonds. The third-order valence-corrected chi connectivity index (χ3v) is 8.56. The molecule has 0 radical (unpaired) electrons. The molecular weight excluding hydrogens is 616 g/mol. The molecule has 0 spiro atoms. The smallest absolute Gasteiger partial charge is 0.534 e. The molecule has 1 aromatic carbocycles. The average Bonchev–Trinajstić information content (AvgIpc) is 3.03. The van der Waals surface area contributed by atoms with E-state index in [1.165, 1.54) is 18.1 Å². The Morgan fingerprint density at radius 1 is 1.23 bits per heavy atom. The summed E-state index contributed by atoms with van der Waals surface area (Å²) in [4.78, 5) is 68.9. The van der Waals surface area contributed by atoms with Crippen LogP contribution in [0.15, 0.2) is 41.7 Å². The second-order valence-electron chi connectivity index (χ2n) is 11.5. The predicted octanol–water partition coefficient (Wildman–Crippen LogP) is 2.24. The summed E-state index contributed by atoms with van der Waals surface area (Å²) in [5.41, 5.74) is 1.55. The van der Waals surface area contributed by atoms with E-state index < -0.39 is 54.7 Å². The van der Waals surface area contributed by atoms with Gasteiger partial charge in [-0.3, -0.25) is 24.3 Å². The van der Waals surface area contributed by atoms with Crippen LogP contribution in [-0.4, -0.2) is 89.5 Å². The number of carbonyl (C=O) groups excluding carboxylic acids is 4. The summed E-state index contributed by atoms with van der Waals surface area (Å²) < 4.78 is 32.5. The van der Waals surface area contributed by atoms with Crippen LogP contribution in [0.5, 0.6) is 11.5 Å². The number of fused-ring (bicyclic) bond motifs is 1. The minimum atomic E-state index is -1.30. The number of nitrogens with zero attached hydrogens (tertiary/aromatic N) is 3. The zero-order chi connectivity index (χ0) is 34.0. The average molecular weight is 651 g/mol. The normalized spacial score (nSPS) is 20.8. The molecule has 1 aliphatic carbocycles. The molecule has 2 unspecified atom stereocenters. The summed E-state index contributed by atoms with van der Waals surface area (Å²) >= 11 is 0. The number of pyridine rings is 1. The number of allylic oxidation sites excluding steroid dienone is 1. The second-order valence-corrected chi connectivity index (χ2v) is 11.5. The highest BCUT2D eigenvalue weighted by Crippen LogP contribution is 2.40. The highest BCUT2D eigenvalue weighted by molar-refractivity contribution is 6.48. The molecule has 2 fully saturated rings. The van der Waals surface area contributed by atoms with E-state index in [2.05, 4.69) is 15.6 Å². The molecule has 3 heterocycles. The zero-order valence-corrected chi connectivity index (χ0v) is 26.4. The summed E-state index contributed by atoms with van der Waals surface area (Å²) in [5, 5.41) is 15.8. The van der Waals surface area contributed by atoms with Gasteiger partial charge >= 0.3 is 36.9 Å². The van der Waals surface area contributed by atoms with E-state index in [-0.39, 0.29) is 48.2 Å². The number of carboxylic acids is 1. The van der Waals surface area contributed by atoms with Crippen molar-refractivity contribution >= 4 is 36.9 Å². The molecular formula is C31H35BFN5O9. The van der Waals surface area contributed by atoms with Crippen molar-refractivity contribution in [1.29, 1.82) is 0 Å². The number of para-hydroxylation sites is 1. The molecule has 1 aromatic heterocycles. The second kappa shape index (κ2) is 13.8. The van der Waals surface area contributed by atoms with Crippen molar-refractivity contribution in [2.24, 2.45) is 5.92 Å². The lowest BCUT2D eigenvalue weighted by Gasteiger charge is -2.39. The third kappa shape index (κ3) is 6.77. The van der Waals surface area contributed by atoms with Gasteiger partial charge in [-0.15, -0.1) is 0 Å². The number of amides is 4. The maximum absolute atomic E-state index is 15.9. The van der Waals surface area contributed by atoms with Crippen molar-refractivity contribution in [3.05, 3.63) is 64.4 Å². The first-order valence-electron chi connectivity index (χ1n) is 15.2. The number of aromatic carboxylic acids is 1. The van der Waals surface area contributed by atoms with Crippen molar-refractivity contribution < 1.29 is 47.5 Å². The number of hydrogen-bond acceptors (Lipinski definition) is 10. The maximum atomic E-state index is 15.9. The van der Waals surface area contributed by atoms with Gasteiger partial charge in [0.25, 0.3) is 0 Å². The number of ether oxygens (including phenoxy) is 1. The Labute approximate surface area is 270 Å². The van der Waals surface area contributed by atoms with Crippen LogP contribution in [0.4, 0.5) is 9.18 Å². The van der Waals surface area contributed by atoms with Crippen molar-refractivity contribution in [3.8, 4) is 11.5 Å². The number of imide groups is 1. The molecule has 2 aromatic rings. The lowest BCUT2D eigenvalue weighted by molar-refractivity contribution is -0.153. The minimum absolute atomic E-state index is 0.0213. The molecule has 14 nitrogen and oxygen atoms in total. The Kier molecular flexibility index (Phi) is 9.79. The number of rotatable bonds is 9. The van der Waals surface area contributed by atoms with Gasteiger partial charge in [0.05, 0.1) is 17.7 Å². The topological polar surface area (TPSA) is 177 Å². The van der Waals surface area contributed by atoms with Crippen molar-refractivity contribution in [3.63, 3.8) is 0 Å². The number of halogens is 1. The van der Waals surface area contributed by atoms with E-state index in [4.69, 9.17) is 14.0 Å². The highest BCUT2D eigenvalue weighted by atomic mass is 19.1. The van der Waals surface area contributed by atoms with Crippen LogP contribution in [-0.2, 0) is 25.5 Å². The first-order valence-corrected chi connectivity index (χ1v) is 15.2. The number of carbonyl (C=O) groups is 5. The lowest BCUT2D eigenvalue weighted by atomic mass is 9.70. The van der Waals surface area contributed by atoms with Gasteiger partial charge in [0.2, 0.25) is 0 Å². The van der Waals surface area contributed by atoms with Gasteiger partial charge in [0.15, 0.2) is 11.6 Å². The SMILES string of the molecule is CCN1CCN(C(=O)NC(/C(N[C@H]2Cc3cccc(C(=O)O)c3OB2OC)=C2\CCC2C)c2ncc(OC(C)=O)cc2F)C(=O)C1=O. The van der Waals surface area contributed by atoms with Crippen molar-refractivity contribution in [2.45, 2.75) is 52.0 Å². The van der Waals surface area contributed by atoms with Gasteiger partial charge in [-0.1, -0.05) is 19.1 Å². The molecule has 3 aliphatic rings. The van der Waals surface area contributed by atoms with Gasteiger partial charge in [-0.25, -0.2) is 14.0 Å². The molecule has 3 N–H and O–H groups in total. The van der Waals surface area contributed by atoms with E-state index in [9.17, 15) is 29.1 Å². The van der Waals surface area contributed by atoms with Crippen molar-refractivity contribution in [2.75, 3.05) is 26.7 Å². The Hall–Kier alpha value is -4.99. The lowest BCUT2D eigenvalue weighted by Crippen LogP contribution is -2.59. The van der Waals surface area contributed by atoms with Gasteiger partial charge < -0.3 is 34.7 Å². The Balaban J connectivity index is 1.55. The van der Waals surface area contributed by atoms with Crippen LogP contribution in [0.3, 0.4) is 0 Å². The summed E-state index contributed by atoms with van der Waals surface area (Å²) in [6.45, 7) is 5.21. The van der Waals surface area contributed by atoms with Gasteiger partial charge in [0, 0.05) is 45.4 Å². The molecule has 2 aliphatic heterocycles. The maximum Gasteiger partial charge on any atom is 0.549 e. The fourth-order valence-electron chi connectivity index (χ4n) is 5.97. The molecule has 5 rings (SSSR count). The first kappa shape index (κ1) is 33.4. The Morgan fingerprint density at radius 2 is 2.00 bits per heavy atom. The summed E-state index contributed by atoms with van der Waals surface area (Å²) in [7, 11) is 0.412. The third-order valence-electron chi connectivity index (χ3n) is 8.56. The molecule has 47 heavy (non-hydrogen) atoms. The minimum Gasteiger partial charge on any atom is -0.534 e. The summed E-state index contributed by atoms with van der Waals surface area (Å²) in [6, 6.07) is 3.50. The van der Waals surface area contributed by atoms with E-state index in [1.807, 2.05) is 6.92 Å². The number of urea groups is 1. The van der Waals surface area contributed by atoms with E-state index in [0.717, 1.165) is 36.1 Å². The summed E-state index contributed by atoms with van der Waals surface area (Å²) in [5.74, 6) is -5.19. The van der Waals surface area contributed by atoms with E-state index in [1.54, 1.807) is 19.1 Å². The van der Waals surface area contributed by atoms with Crippen molar-refractivity contribution in [1.82, 2.24) is 25.4 Å². The molecule has 248 valence electrons. The zero-order valence-electron chi connectivity index (χ0n) is 26.4. The van der Waals surface area contributed by atoms with Gasteiger partial charge in [-0.2, -0.15) is 0 Å². The number of esters is 1. The highest BCUT2D eigenvalue weighted by Gasteiger charge is 2.43. The quantitative estimate of drug-likeness (QED) is 0.206. The van der Waals surface area contributed by atoms with Crippen LogP contribution in [0.2, 0.25) is 0 Å². The number of benzene rings is 1. The number of piperazine rings is 1. The van der Waals surface area contributed by atoms with Crippen LogP contribution in [0.25, 0.3) is 0 Å². The van der Waals surface area contributed by atoms with Gasteiger partial charge in [0.1, 0.15) is 17.5 Å². The standard InChI is InChI=1S/C31H35BFN5O9/c1-5-37-11-12-38(29(41)28(37)40)31(44)36-26(25-22(33)14-19(15-34-25)46-17(3)39)24(20-10-9-16(20)2)35-23-13-18-7-6-8-21(30(42)43)27(18)47-32(23)45-4/h6-8,14-16,23,26,35H,5,9-13H2,1-4H3,(H,36,44)(H,42,43)/b24-20-/t16?,23-,26?/m0/s1. The molecule has 0 bridgehead atoms. The molecule has 1 saturated carbocycles. The number of carboxylic acid groups (broad SMARTS) is 1. The van der Waals surface area contributed by atoms with Crippen LogP contribution in [0.1, 0.15) is 61.3 Å². The van der Waals surface area contributed by atoms with Crippen LogP contribution >= 0.6 is 0 Å². The fraction of sp³-hybridized carbons (Fsp3) is 0.419. The predicted molar refractivity (Wildman–Crippen MR) is 164 cm³/mol. The first-order chi connectivity index (χ1) is 22.4. The largest absolute Gasteiger partial charge is 0.549 e. The Bertz CT molecular complexity index is 1650. The Morgan fingerprint density at radius 3 is 2.60 bits per heavy atom. The van der Waals surface area contributed by atoms with Gasteiger partial charge in [-0.05, 0) is 49.3 Å². The van der Waals surface area contributed by atoms with E-state index in [0.29, 0.717) is 24.2 Å². The van der Waals surface area contributed by atoms with Crippen LogP contribution < -0.4 is 20.0 Å². The molecule has 3 atom stereocenters. The monoisotopic (exact) mass is 651 g/mol. The summed E-state index contributed by atoms with van der Waals surface area (Å²) in [6.07, 6.45) is 2.80. The van der Waals surface area contributed by atoms with E-state index >= 15 is 4.39 Å². The van der Waals surface area contributed by atoms with Crippen LogP contribution in [0, 0.1) is 11.7 Å². The number of aromatic nitrogens is 1. The molecule has 1 saturated heterocycles. The number of nitrogens with one attached hydrogen (secondary N) is 2. The fourth-order valence-corrected chi connectivity index (χ4v) is 5.97. The molecule has 16 heteroatoms. The number of likely N-dealkylation sites (N-methyl/N-ethyl adjacent to an activating group) is 1. The number of hydrogen-bond donors (Lipinski definition) is 3.